The topological polar surface area (TPSA) is 47.0 Å². The molecule has 0 aromatic carbocycles. The van der Waals surface area contributed by atoms with E-state index in [9.17, 15) is 0 Å². The fourth-order valence-corrected chi connectivity index (χ4v) is 1.96. The first-order valence-electron chi connectivity index (χ1n) is 5.92. The molecule has 4 heteroatoms. The van der Waals surface area contributed by atoms with E-state index >= 15 is 0 Å². The lowest BCUT2D eigenvalue weighted by atomic mass is 10.0. The third-order valence-electron chi connectivity index (χ3n) is 2.96. The lowest BCUT2D eigenvalue weighted by Crippen LogP contribution is -2.24. The van der Waals surface area contributed by atoms with E-state index in [4.69, 9.17) is 4.74 Å². The van der Waals surface area contributed by atoms with Crippen molar-refractivity contribution in [2.45, 2.75) is 38.8 Å². The Morgan fingerprint density at radius 2 is 2.44 bits per heavy atom. The van der Waals surface area contributed by atoms with Crippen LogP contribution in [0.5, 0.6) is 0 Å². The minimum absolute atomic E-state index is 0.276. The summed E-state index contributed by atoms with van der Waals surface area (Å²) >= 11 is 0. The normalized spacial score (nSPS) is 24.9. The van der Waals surface area contributed by atoms with Gasteiger partial charge in [0, 0.05) is 19.3 Å². The standard InChI is InChI=1S/C12H19N3O/c1-3-13-9-10-5-7-14-11(15-10)12(2)6-4-8-16-12/h5,7,13H,3-4,6,8-9H2,1-2H3. The van der Waals surface area contributed by atoms with Crippen LogP contribution in [0.25, 0.3) is 0 Å². The van der Waals surface area contributed by atoms with Crippen LogP contribution in [-0.2, 0) is 16.9 Å². The Bertz CT molecular complexity index is 348. The Morgan fingerprint density at radius 3 is 3.12 bits per heavy atom. The SMILES string of the molecule is CCNCc1ccnc(C2(C)CCCO2)n1. The summed E-state index contributed by atoms with van der Waals surface area (Å²) in [7, 11) is 0. The highest BCUT2D eigenvalue weighted by Gasteiger charge is 2.34. The molecule has 16 heavy (non-hydrogen) atoms. The molecule has 1 saturated heterocycles. The molecular weight excluding hydrogens is 202 g/mol. The zero-order valence-corrected chi connectivity index (χ0v) is 9.99. The first-order chi connectivity index (χ1) is 7.74. The van der Waals surface area contributed by atoms with Gasteiger partial charge >= 0.3 is 0 Å². The first-order valence-corrected chi connectivity index (χ1v) is 5.92. The molecule has 1 atom stereocenters. The molecule has 1 unspecified atom stereocenters. The smallest absolute Gasteiger partial charge is 0.160 e. The van der Waals surface area contributed by atoms with Gasteiger partial charge in [-0.2, -0.15) is 0 Å². The molecule has 1 aliphatic heterocycles. The average molecular weight is 221 g/mol. The molecule has 1 aromatic rings. The van der Waals surface area contributed by atoms with E-state index in [1.54, 1.807) is 0 Å². The summed E-state index contributed by atoms with van der Waals surface area (Å²) in [5.41, 5.74) is 0.756. The fraction of sp³-hybridized carbons (Fsp3) is 0.667. The Morgan fingerprint density at radius 1 is 1.56 bits per heavy atom. The van der Waals surface area contributed by atoms with Gasteiger partial charge < -0.3 is 10.1 Å². The van der Waals surface area contributed by atoms with Gasteiger partial charge in [-0.1, -0.05) is 6.92 Å². The van der Waals surface area contributed by atoms with Crippen LogP contribution in [0.4, 0.5) is 0 Å². The van der Waals surface area contributed by atoms with Crippen LogP contribution in [0.3, 0.4) is 0 Å². The summed E-state index contributed by atoms with van der Waals surface area (Å²) in [6, 6.07) is 1.95. The highest BCUT2D eigenvalue weighted by atomic mass is 16.5. The Hall–Kier alpha value is -1.00. The Labute approximate surface area is 96.4 Å². The van der Waals surface area contributed by atoms with E-state index in [1.807, 2.05) is 12.3 Å². The minimum atomic E-state index is -0.276. The summed E-state index contributed by atoms with van der Waals surface area (Å²) < 4.78 is 5.74. The van der Waals surface area contributed by atoms with Gasteiger partial charge in [-0.25, -0.2) is 9.97 Å². The lowest BCUT2D eigenvalue weighted by molar-refractivity contribution is 0.00913. The number of nitrogens with zero attached hydrogens (tertiary/aromatic N) is 2. The molecule has 1 aromatic heterocycles. The van der Waals surface area contributed by atoms with Crippen LogP contribution in [-0.4, -0.2) is 23.1 Å². The van der Waals surface area contributed by atoms with E-state index in [0.717, 1.165) is 44.1 Å². The molecule has 1 aliphatic rings. The highest BCUT2D eigenvalue weighted by Crippen LogP contribution is 2.33. The Balaban J connectivity index is 2.15. The molecule has 0 bridgehead atoms. The number of hydrogen-bond acceptors (Lipinski definition) is 4. The molecule has 2 heterocycles. The van der Waals surface area contributed by atoms with Crippen LogP contribution in [0, 0.1) is 0 Å². The first kappa shape index (κ1) is 11.5. The van der Waals surface area contributed by atoms with Gasteiger partial charge in [-0.3, -0.25) is 0 Å². The summed E-state index contributed by atoms with van der Waals surface area (Å²) in [6.45, 7) is 6.72. The summed E-state index contributed by atoms with van der Waals surface area (Å²) in [4.78, 5) is 8.90. The van der Waals surface area contributed by atoms with Gasteiger partial charge in [0.05, 0.1) is 5.69 Å². The van der Waals surface area contributed by atoms with Crippen LogP contribution in [0.1, 0.15) is 38.2 Å². The number of hydrogen-bond donors (Lipinski definition) is 1. The maximum atomic E-state index is 5.74. The van der Waals surface area contributed by atoms with Gasteiger partial charge in [0.2, 0.25) is 0 Å². The highest BCUT2D eigenvalue weighted by molar-refractivity contribution is 5.08. The van der Waals surface area contributed by atoms with E-state index < -0.39 is 0 Å². The van der Waals surface area contributed by atoms with Crippen molar-refractivity contribution >= 4 is 0 Å². The molecule has 0 aliphatic carbocycles. The molecule has 0 saturated carbocycles. The third-order valence-corrected chi connectivity index (χ3v) is 2.96. The van der Waals surface area contributed by atoms with Crippen LogP contribution in [0.2, 0.25) is 0 Å². The molecule has 1 fully saturated rings. The molecule has 0 spiro atoms. The van der Waals surface area contributed by atoms with Gasteiger partial charge in [-0.05, 0) is 32.4 Å². The second-order valence-corrected chi connectivity index (χ2v) is 4.33. The minimum Gasteiger partial charge on any atom is -0.367 e. The summed E-state index contributed by atoms with van der Waals surface area (Å²) in [5.74, 6) is 0.820. The zero-order chi connectivity index (χ0) is 11.4. The van der Waals surface area contributed by atoms with E-state index in [0.29, 0.717) is 0 Å². The van der Waals surface area contributed by atoms with Crippen molar-refractivity contribution in [3.05, 3.63) is 23.8 Å². The summed E-state index contributed by atoms with van der Waals surface area (Å²) in [5, 5.41) is 3.26. The molecule has 0 amide bonds. The monoisotopic (exact) mass is 221 g/mol. The largest absolute Gasteiger partial charge is 0.367 e. The van der Waals surface area contributed by atoms with Crippen LogP contribution < -0.4 is 5.32 Å². The van der Waals surface area contributed by atoms with Crippen molar-refractivity contribution in [2.75, 3.05) is 13.2 Å². The number of nitrogens with one attached hydrogen (secondary N) is 1. The third kappa shape index (κ3) is 2.39. The van der Waals surface area contributed by atoms with Crippen molar-refractivity contribution in [3.63, 3.8) is 0 Å². The quantitative estimate of drug-likeness (QED) is 0.839. The number of ether oxygens (including phenoxy) is 1. The van der Waals surface area contributed by atoms with Crippen molar-refractivity contribution < 1.29 is 4.74 Å². The van der Waals surface area contributed by atoms with Gasteiger partial charge in [0.25, 0.3) is 0 Å². The molecule has 2 rings (SSSR count). The average Bonchev–Trinajstić information content (AvgIpc) is 2.75. The zero-order valence-electron chi connectivity index (χ0n) is 9.99. The summed E-state index contributed by atoms with van der Waals surface area (Å²) in [6.07, 6.45) is 3.93. The van der Waals surface area contributed by atoms with Gasteiger partial charge in [0.1, 0.15) is 5.60 Å². The second-order valence-electron chi connectivity index (χ2n) is 4.33. The number of rotatable bonds is 4. The molecule has 4 nitrogen and oxygen atoms in total. The molecule has 0 radical (unpaired) electrons. The second kappa shape index (κ2) is 4.89. The number of aromatic nitrogens is 2. The van der Waals surface area contributed by atoms with Crippen LogP contribution >= 0.6 is 0 Å². The molecular formula is C12H19N3O. The van der Waals surface area contributed by atoms with Gasteiger partial charge in [-0.15, -0.1) is 0 Å². The fourth-order valence-electron chi connectivity index (χ4n) is 1.96. The maximum absolute atomic E-state index is 5.74. The van der Waals surface area contributed by atoms with E-state index in [1.165, 1.54) is 0 Å². The van der Waals surface area contributed by atoms with Crippen molar-refractivity contribution in [3.8, 4) is 0 Å². The Kier molecular flexibility index (Phi) is 3.51. The maximum Gasteiger partial charge on any atom is 0.160 e. The van der Waals surface area contributed by atoms with Gasteiger partial charge in [0.15, 0.2) is 5.82 Å². The van der Waals surface area contributed by atoms with E-state index in [2.05, 4.69) is 29.1 Å². The predicted molar refractivity (Wildman–Crippen MR) is 62.0 cm³/mol. The molecule has 88 valence electrons. The van der Waals surface area contributed by atoms with Crippen molar-refractivity contribution in [2.24, 2.45) is 0 Å². The van der Waals surface area contributed by atoms with Crippen molar-refractivity contribution in [1.29, 1.82) is 0 Å². The lowest BCUT2D eigenvalue weighted by Gasteiger charge is -2.21. The molecule has 1 N–H and O–H groups in total. The van der Waals surface area contributed by atoms with Crippen molar-refractivity contribution in [1.82, 2.24) is 15.3 Å². The van der Waals surface area contributed by atoms with E-state index in [-0.39, 0.29) is 5.60 Å². The predicted octanol–water partition coefficient (Wildman–Crippen LogP) is 1.61. The van der Waals surface area contributed by atoms with Crippen LogP contribution in [0.15, 0.2) is 12.3 Å².